The van der Waals surface area contributed by atoms with Gasteiger partial charge in [-0.05, 0) is 35.4 Å². The molecule has 1 aliphatic rings. The maximum absolute atomic E-state index is 13.2. The highest BCUT2D eigenvalue weighted by Crippen LogP contribution is 2.35. The third kappa shape index (κ3) is 3.07. The molecular formula is C13H11F2N7S. The summed E-state index contributed by atoms with van der Waals surface area (Å²) in [4.78, 5) is 4.24. The summed E-state index contributed by atoms with van der Waals surface area (Å²) < 4.78 is 28.3. The Balaban J connectivity index is 1.48. The molecule has 0 bridgehead atoms. The molecule has 2 aromatic heterocycles. The molecular weight excluding hydrogens is 324 g/mol. The summed E-state index contributed by atoms with van der Waals surface area (Å²) in [5.74, 6) is 0.287. The molecule has 1 aliphatic carbocycles. The zero-order valence-corrected chi connectivity index (χ0v) is 12.6. The number of rotatable bonds is 5. The zero-order chi connectivity index (χ0) is 15.8. The molecule has 0 spiro atoms. The van der Waals surface area contributed by atoms with Crippen LogP contribution >= 0.6 is 11.8 Å². The lowest BCUT2D eigenvalue weighted by Crippen LogP contribution is -2.02. The molecule has 0 saturated heterocycles. The van der Waals surface area contributed by atoms with Crippen LogP contribution in [-0.4, -0.2) is 35.4 Å². The molecule has 1 aromatic carbocycles. The van der Waals surface area contributed by atoms with E-state index >= 15 is 0 Å². The molecule has 1 saturated carbocycles. The van der Waals surface area contributed by atoms with Gasteiger partial charge in [0.25, 0.3) is 0 Å². The van der Waals surface area contributed by atoms with Gasteiger partial charge in [0.15, 0.2) is 11.6 Å². The third-order valence-corrected chi connectivity index (χ3v) is 4.23. The first-order valence-corrected chi connectivity index (χ1v) is 7.96. The summed E-state index contributed by atoms with van der Waals surface area (Å²) in [7, 11) is 0. The Morgan fingerprint density at radius 2 is 2.00 bits per heavy atom. The maximum Gasteiger partial charge on any atom is 0.209 e. The van der Waals surface area contributed by atoms with Gasteiger partial charge >= 0.3 is 0 Å². The van der Waals surface area contributed by atoms with Crippen molar-refractivity contribution in [3.63, 3.8) is 0 Å². The molecule has 0 unspecified atom stereocenters. The molecule has 0 aliphatic heterocycles. The van der Waals surface area contributed by atoms with Crippen molar-refractivity contribution in [1.29, 1.82) is 0 Å². The second-order valence-corrected chi connectivity index (χ2v) is 6.13. The van der Waals surface area contributed by atoms with Crippen molar-refractivity contribution in [3.8, 4) is 11.4 Å². The predicted molar refractivity (Wildman–Crippen MR) is 77.4 cm³/mol. The molecule has 1 fully saturated rings. The number of aromatic amines is 1. The summed E-state index contributed by atoms with van der Waals surface area (Å²) >= 11 is 1.36. The van der Waals surface area contributed by atoms with E-state index < -0.39 is 11.6 Å². The highest BCUT2D eigenvalue weighted by atomic mass is 32.2. The Morgan fingerprint density at radius 1 is 1.22 bits per heavy atom. The molecule has 4 rings (SSSR count). The van der Waals surface area contributed by atoms with Gasteiger partial charge in [0.05, 0.1) is 11.8 Å². The molecule has 3 aromatic rings. The van der Waals surface area contributed by atoms with Crippen molar-refractivity contribution in [1.82, 2.24) is 35.4 Å². The SMILES string of the molecule is Fc1cc(F)cc(-c2nc(SCc3nnnn3C3CC3)n[nH]2)c1. The van der Waals surface area contributed by atoms with E-state index in [1.54, 1.807) is 0 Å². The highest BCUT2D eigenvalue weighted by molar-refractivity contribution is 7.98. The Kier molecular flexibility index (Phi) is 3.52. The average molecular weight is 335 g/mol. The van der Waals surface area contributed by atoms with E-state index in [2.05, 4.69) is 30.7 Å². The Bertz CT molecular complexity index is 822. The zero-order valence-electron chi connectivity index (χ0n) is 11.8. The molecule has 1 N–H and O–H groups in total. The Hall–Kier alpha value is -2.36. The summed E-state index contributed by atoms with van der Waals surface area (Å²) in [5, 5.41) is 18.9. The van der Waals surface area contributed by atoms with E-state index in [1.165, 1.54) is 23.9 Å². The first-order valence-electron chi connectivity index (χ1n) is 6.97. The quantitative estimate of drug-likeness (QED) is 0.721. The van der Waals surface area contributed by atoms with Gasteiger partial charge in [-0.25, -0.2) is 18.4 Å². The largest absolute Gasteiger partial charge is 0.258 e. The van der Waals surface area contributed by atoms with Gasteiger partial charge < -0.3 is 0 Å². The van der Waals surface area contributed by atoms with Crippen molar-refractivity contribution in [2.24, 2.45) is 0 Å². The van der Waals surface area contributed by atoms with Crippen molar-refractivity contribution in [2.75, 3.05) is 0 Å². The van der Waals surface area contributed by atoms with Crippen LogP contribution in [0.25, 0.3) is 11.4 Å². The lowest BCUT2D eigenvalue weighted by molar-refractivity contribution is 0.584. The monoisotopic (exact) mass is 335 g/mol. The lowest BCUT2D eigenvalue weighted by atomic mass is 10.2. The van der Waals surface area contributed by atoms with Crippen molar-refractivity contribution in [2.45, 2.75) is 29.8 Å². The average Bonchev–Trinajstić information content (AvgIpc) is 3.07. The van der Waals surface area contributed by atoms with Gasteiger partial charge in [-0.1, -0.05) is 11.8 Å². The van der Waals surface area contributed by atoms with Crippen LogP contribution in [-0.2, 0) is 5.75 Å². The molecule has 0 atom stereocenters. The fourth-order valence-corrected chi connectivity index (χ4v) is 2.88. The minimum atomic E-state index is -0.658. The highest BCUT2D eigenvalue weighted by Gasteiger charge is 2.27. The number of thioether (sulfide) groups is 1. The number of aromatic nitrogens is 7. The van der Waals surface area contributed by atoms with E-state index in [0.717, 1.165) is 24.7 Å². The molecule has 7 nitrogen and oxygen atoms in total. The van der Waals surface area contributed by atoms with Crippen molar-refractivity contribution >= 4 is 11.8 Å². The maximum atomic E-state index is 13.2. The van der Waals surface area contributed by atoms with Crippen molar-refractivity contribution < 1.29 is 8.78 Å². The fraction of sp³-hybridized carbons (Fsp3) is 0.308. The first kappa shape index (κ1) is 14.2. The fourth-order valence-electron chi connectivity index (χ4n) is 2.17. The van der Waals surface area contributed by atoms with Gasteiger partial charge in [-0.2, -0.15) is 0 Å². The summed E-state index contributed by atoms with van der Waals surface area (Å²) in [6, 6.07) is 3.61. The van der Waals surface area contributed by atoms with E-state index in [-0.39, 0.29) is 0 Å². The molecule has 10 heteroatoms. The van der Waals surface area contributed by atoms with E-state index in [0.29, 0.717) is 28.3 Å². The lowest BCUT2D eigenvalue weighted by Gasteiger charge is -1.99. The van der Waals surface area contributed by atoms with Crippen LogP contribution in [0.4, 0.5) is 8.78 Å². The smallest absolute Gasteiger partial charge is 0.209 e. The van der Waals surface area contributed by atoms with E-state index in [1.807, 2.05) is 4.68 Å². The van der Waals surface area contributed by atoms with Crippen LogP contribution in [0.2, 0.25) is 0 Å². The second kappa shape index (κ2) is 5.69. The van der Waals surface area contributed by atoms with Crippen LogP contribution in [0.3, 0.4) is 0 Å². The Morgan fingerprint density at radius 3 is 2.74 bits per heavy atom. The molecule has 0 amide bonds. The minimum absolute atomic E-state index is 0.310. The van der Waals surface area contributed by atoms with E-state index in [9.17, 15) is 8.78 Å². The molecule has 2 heterocycles. The van der Waals surface area contributed by atoms with Gasteiger partial charge in [0.1, 0.15) is 11.6 Å². The Labute approximate surface area is 133 Å². The van der Waals surface area contributed by atoms with Gasteiger partial charge in [-0.15, -0.1) is 10.2 Å². The number of nitrogens with zero attached hydrogens (tertiary/aromatic N) is 6. The topological polar surface area (TPSA) is 85.2 Å². The second-order valence-electron chi connectivity index (χ2n) is 5.18. The summed E-state index contributed by atoms with van der Waals surface area (Å²) in [6.07, 6.45) is 2.19. The van der Waals surface area contributed by atoms with Gasteiger partial charge in [0, 0.05) is 11.6 Å². The van der Waals surface area contributed by atoms with E-state index in [4.69, 9.17) is 0 Å². The standard InChI is InChI=1S/C13H11F2N7S/c14-8-3-7(4-9(15)5-8)12-16-13(19-18-12)23-6-11-17-20-21-22(11)10-1-2-10/h3-5,10H,1-2,6H2,(H,16,18,19). The molecule has 23 heavy (non-hydrogen) atoms. The summed E-state index contributed by atoms with van der Waals surface area (Å²) in [5.41, 5.74) is 0.310. The van der Waals surface area contributed by atoms with Crippen molar-refractivity contribution in [3.05, 3.63) is 35.7 Å². The normalized spacial score (nSPS) is 14.3. The van der Waals surface area contributed by atoms with Crippen LogP contribution in [0.1, 0.15) is 24.7 Å². The number of halogens is 2. The third-order valence-electron chi connectivity index (χ3n) is 3.38. The number of benzene rings is 1. The minimum Gasteiger partial charge on any atom is -0.258 e. The van der Waals surface area contributed by atoms with Crippen LogP contribution in [0.15, 0.2) is 23.4 Å². The van der Waals surface area contributed by atoms with Crippen LogP contribution < -0.4 is 0 Å². The first-order chi connectivity index (χ1) is 11.2. The molecule has 118 valence electrons. The predicted octanol–water partition coefficient (Wildman–Crippen LogP) is 2.36. The summed E-state index contributed by atoms with van der Waals surface area (Å²) in [6.45, 7) is 0. The number of tetrazole rings is 1. The number of H-pyrrole nitrogens is 1. The van der Waals surface area contributed by atoms with Gasteiger partial charge in [0.2, 0.25) is 5.16 Å². The number of hydrogen-bond donors (Lipinski definition) is 1. The number of hydrogen-bond acceptors (Lipinski definition) is 6. The number of nitrogens with one attached hydrogen (secondary N) is 1. The van der Waals surface area contributed by atoms with Gasteiger partial charge in [-0.3, -0.25) is 5.10 Å². The molecule has 0 radical (unpaired) electrons. The van der Waals surface area contributed by atoms with Crippen LogP contribution in [0.5, 0.6) is 0 Å². The van der Waals surface area contributed by atoms with Crippen LogP contribution in [0, 0.1) is 11.6 Å².